The Morgan fingerprint density at radius 3 is 2.23 bits per heavy atom. The number of para-hydroxylation sites is 1. The minimum atomic E-state index is -0.490. The van der Waals surface area contributed by atoms with E-state index in [1.165, 1.54) is 0 Å². The zero-order valence-corrected chi connectivity index (χ0v) is 23.0. The number of hydrogen-bond acceptors (Lipinski definition) is 7. The molecular weight excluding hydrogens is 492 g/mol. The Hall–Kier alpha value is -4.27. The lowest BCUT2D eigenvalue weighted by Gasteiger charge is -2.35. The molecule has 0 unspecified atom stereocenters. The Kier molecular flexibility index (Phi) is 7.58. The molecule has 5 rings (SSSR count). The molecule has 0 aliphatic carbocycles. The topological polar surface area (TPSA) is 93.5 Å². The third-order valence-electron chi connectivity index (χ3n) is 7.18. The number of amides is 1. The molecule has 0 saturated carbocycles. The molecule has 1 amide bonds. The van der Waals surface area contributed by atoms with Gasteiger partial charge >= 0.3 is 5.97 Å². The number of fused-ring (bicyclic) bond motifs is 1. The highest BCUT2D eigenvalue weighted by atomic mass is 16.5. The molecule has 1 aliphatic rings. The van der Waals surface area contributed by atoms with Crippen molar-refractivity contribution in [1.82, 2.24) is 24.6 Å². The van der Waals surface area contributed by atoms with Crippen LogP contribution in [0.5, 0.6) is 0 Å². The van der Waals surface area contributed by atoms with E-state index in [9.17, 15) is 9.59 Å². The van der Waals surface area contributed by atoms with Gasteiger partial charge in [-0.1, -0.05) is 31.5 Å². The van der Waals surface area contributed by atoms with Crippen molar-refractivity contribution >= 4 is 28.7 Å². The second-order valence-corrected chi connectivity index (χ2v) is 9.82. The minimum Gasteiger partial charge on any atom is -0.461 e. The SMILES string of the molecule is CCCc1c(C(=O)N2CCN(c3nc4cc(C)c(C)cc4nc3C(=O)OCC)CC2)cnn1-c1ccccc1. The van der Waals surface area contributed by atoms with Crippen LogP contribution in [0.2, 0.25) is 0 Å². The highest BCUT2D eigenvalue weighted by Crippen LogP contribution is 2.26. The Morgan fingerprint density at radius 1 is 0.923 bits per heavy atom. The number of hydrogen-bond donors (Lipinski definition) is 0. The molecule has 202 valence electrons. The summed E-state index contributed by atoms with van der Waals surface area (Å²) in [4.78, 5) is 39.9. The maximum absolute atomic E-state index is 13.6. The fraction of sp³-hybridized carbons (Fsp3) is 0.367. The van der Waals surface area contributed by atoms with Gasteiger partial charge in [0.2, 0.25) is 0 Å². The Labute approximate surface area is 228 Å². The molecule has 1 saturated heterocycles. The third kappa shape index (κ3) is 5.21. The van der Waals surface area contributed by atoms with Gasteiger partial charge in [-0.15, -0.1) is 0 Å². The number of aryl methyl sites for hydroxylation is 2. The second kappa shape index (κ2) is 11.2. The first kappa shape index (κ1) is 26.3. The first-order valence-electron chi connectivity index (χ1n) is 13.5. The van der Waals surface area contributed by atoms with E-state index in [4.69, 9.17) is 9.72 Å². The van der Waals surface area contributed by atoms with Gasteiger partial charge in [0.25, 0.3) is 5.91 Å². The highest BCUT2D eigenvalue weighted by Gasteiger charge is 2.29. The summed E-state index contributed by atoms with van der Waals surface area (Å²) in [6.07, 6.45) is 3.35. The molecule has 9 heteroatoms. The molecule has 2 aromatic heterocycles. The molecule has 39 heavy (non-hydrogen) atoms. The summed E-state index contributed by atoms with van der Waals surface area (Å²) < 4.78 is 7.18. The van der Waals surface area contributed by atoms with Crippen LogP contribution in [0.25, 0.3) is 16.7 Å². The molecule has 0 N–H and O–H groups in total. The normalized spacial score (nSPS) is 13.6. The van der Waals surface area contributed by atoms with Crippen molar-refractivity contribution in [3.63, 3.8) is 0 Å². The van der Waals surface area contributed by atoms with Gasteiger partial charge in [-0.25, -0.2) is 19.4 Å². The van der Waals surface area contributed by atoms with E-state index >= 15 is 0 Å². The smallest absolute Gasteiger partial charge is 0.360 e. The van der Waals surface area contributed by atoms with Crippen LogP contribution in [0.4, 0.5) is 5.82 Å². The fourth-order valence-electron chi connectivity index (χ4n) is 4.97. The van der Waals surface area contributed by atoms with Crippen LogP contribution in [-0.4, -0.2) is 69.3 Å². The second-order valence-electron chi connectivity index (χ2n) is 9.82. The lowest BCUT2D eigenvalue weighted by molar-refractivity contribution is 0.0519. The van der Waals surface area contributed by atoms with Crippen LogP contribution in [0.3, 0.4) is 0 Å². The maximum Gasteiger partial charge on any atom is 0.360 e. The van der Waals surface area contributed by atoms with E-state index in [1.54, 1.807) is 13.1 Å². The largest absolute Gasteiger partial charge is 0.461 e. The van der Waals surface area contributed by atoms with Crippen molar-refractivity contribution in [2.24, 2.45) is 0 Å². The van der Waals surface area contributed by atoms with Gasteiger partial charge in [-0.2, -0.15) is 5.10 Å². The maximum atomic E-state index is 13.6. The summed E-state index contributed by atoms with van der Waals surface area (Å²) in [5.74, 6) is -0.0161. The Morgan fingerprint density at radius 2 is 1.59 bits per heavy atom. The Balaban J connectivity index is 1.40. The van der Waals surface area contributed by atoms with Crippen LogP contribution >= 0.6 is 0 Å². The summed E-state index contributed by atoms with van der Waals surface area (Å²) in [5.41, 5.74) is 6.31. The predicted octanol–water partition coefficient (Wildman–Crippen LogP) is 4.52. The van der Waals surface area contributed by atoms with Crippen molar-refractivity contribution in [2.75, 3.05) is 37.7 Å². The standard InChI is InChI=1S/C30H34N6O3/c1-5-10-26-23(19-31-36(26)22-11-8-7-9-12-22)29(37)35-15-13-34(14-16-35)28-27(30(38)39-6-2)32-24-17-20(3)21(4)18-25(24)33-28/h7-9,11-12,17-19H,5-6,10,13-16H2,1-4H3. The number of carbonyl (C=O) groups excluding carboxylic acids is 2. The number of anilines is 1. The number of benzene rings is 2. The first-order valence-corrected chi connectivity index (χ1v) is 13.5. The number of ether oxygens (including phenoxy) is 1. The van der Waals surface area contributed by atoms with E-state index in [1.807, 2.05) is 70.8 Å². The third-order valence-corrected chi connectivity index (χ3v) is 7.18. The molecule has 2 aromatic carbocycles. The van der Waals surface area contributed by atoms with Crippen molar-refractivity contribution < 1.29 is 14.3 Å². The molecule has 3 heterocycles. The van der Waals surface area contributed by atoms with Crippen molar-refractivity contribution in [1.29, 1.82) is 0 Å². The van der Waals surface area contributed by atoms with Crippen molar-refractivity contribution in [3.05, 3.63) is 76.7 Å². The number of nitrogens with zero attached hydrogens (tertiary/aromatic N) is 6. The van der Waals surface area contributed by atoms with E-state index in [-0.39, 0.29) is 18.2 Å². The summed E-state index contributed by atoms with van der Waals surface area (Å²) >= 11 is 0. The Bertz CT molecular complexity index is 1510. The van der Waals surface area contributed by atoms with Gasteiger partial charge in [-0.05, 0) is 62.6 Å². The van der Waals surface area contributed by atoms with Gasteiger partial charge in [0, 0.05) is 26.2 Å². The molecule has 0 bridgehead atoms. The van der Waals surface area contributed by atoms with Crippen molar-refractivity contribution in [2.45, 2.75) is 40.5 Å². The van der Waals surface area contributed by atoms with Gasteiger partial charge in [0.1, 0.15) is 0 Å². The molecule has 4 aromatic rings. The van der Waals surface area contributed by atoms with Crippen LogP contribution in [-0.2, 0) is 11.2 Å². The lowest BCUT2D eigenvalue weighted by Crippen LogP contribution is -2.49. The zero-order valence-electron chi connectivity index (χ0n) is 23.0. The summed E-state index contributed by atoms with van der Waals surface area (Å²) in [6, 6.07) is 13.8. The summed E-state index contributed by atoms with van der Waals surface area (Å²) in [5, 5.41) is 4.56. The van der Waals surface area contributed by atoms with Crippen molar-refractivity contribution in [3.8, 4) is 5.69 Å². The highest BCUT2D eigenvalue weighted by molar-refractivity contribution is 5.97. The minimum absolute atomic E-state index is 0.0263. The van der Waals surface area contributed by atoms with Crippen LogP contribution in [0.15, 0.2) is 48.7 Å². The van der Waals surface area contributed by atoms with Gasteiger partial charge in [-0.3, -0.25) is 4.79 Å². The number of carbonyl (C=O) groups is 2. The molecule has 1 fully saturated rings. The molecule has 0 spiro atoms. The van der Waals surface area contributed by atoms with Crippen LogP contribution in [0, 0.1) is 13.8 Å². The molecule has 0 radical (unpaired) electrons. The monoisotopic (exact) mass is 526 g/mol. The van der Waals surface area contributed by atoms with Crippen LogP contribution < -0.4 is 4.90 Å². The van der Waals surface area contributed by atoms with E-state index in [0.717, 1.165) is 40.9 Å². The molecule has 9 nitrogen and oxygen atoms in total. The van der Waals surface area contributed by atoms with E-state index in [2.05, 4.69) is 17.0 Å². The first-order chi connectivity index (χ1) is 18.9. The fourth-order valence-corrected chi connectivity index (χ4v) is 4.97. The van der Waals surface area contributed by atoms with E-state index in [0.29, 0.717) is 43.1 Å². The van der Waals surface area contributed by atoms with Gasteiger partial charge in [0.15, 0.2) is 11.5 Å². The lowest BCUT2D eigenvalue weighted by atomic mass is 10.1. The molecular formula is C30H34N6O3. The molecule has 1 aliphatic heterocycles. The quantitative estimate of drug-likeness (QED) is 0.327. The van der Waals surface area contributed by atoms with E-state index < -0.39 is 5.97 Å². The van der Waals surface area contributed by atoms with Gasteiger partial charge < -0.3 is 14.5 Å². The summed E-state index contributed by atoms with van der Waals surface area (Å²) in [6.45, 7) is 10.2. The number of rotatable bonds is 7. The zero-order chi connectivity index (χ0) is 27.5. The molecule has 0 atom stereocenters. The number of piperazine rings is 1. The van der Waals surface area contributed by atoms with Crippen LogP contribution in [0.1, 0.15) is 57.9 Å². The van der Waals surface area contributed by atoms with Gasteiger partial charge in [0.05, 0.1) is 40.8 Å². The average Bonchev–Trinajstić information content (AvgIpc) is 3.37. The predicted molar refractivity (Wildman–Crippen MR) is 151 cm³/mol. The summed E-state index contributed by atoms with van der Waals surface area (Å²) in [7, 11) is 0. The number of aromatic nitrogens is 4. The number of esters is 1. The average molecular weight is 527 g/mol.